The predicted octanol–water partition coefficient (Wildman–Crippen LogP) is 3.22. The second-order valence-electron chi connectivity index (χ2n) is 4.51. The molecule has 0 aliphatic heterocycles. The minimum absolute atomic E-state index is 0.171. The molecule has 18 heavy (non-hydrogen) atoms. The first-order valence-corrected chi connectivity index (χ1v) is 7.57. The minimum Gasteiger partial charge on any atom is -0.372 e. The molecule has 1 aliphatic carbocycles. The van der Waals surface area contributed by atoms with E-state index in [1.165, 1.54) is 19.3 Å². The Bertz CT molecular complexity index is 226. The highest BCUT2D eigenvalue weighted by molar-refractivity contribution is 7.99. The second kappa shape index (κ2) is 8.27. The maximum Gasteiger partial charge on any atom is 0.411 e. The summed E-state index contributed by atoms with van der Waals surface area (Å²) in [5.74, 6) is 1.12. The zero-order chi connectivity index (χ0) is 13.4. The lowest BCUT2D eigenvalue weighted by molar-refractivity contribution is -0.173. The van der Waals surface area contributed by atoms with Gasteiger partial charge in [0.25, 0.3) is 0 Å². The van der Waals surface area contributed by atoms with Gasteiger partial charge in [-0.25, -0.2) is 0 Å². The summed E-state index contributed by atoms with van der Waals surface area (Å²) in [6, 6.07) is 0.526. The van der Waals surface area contributed by atoms with E-state index in [1.54, 1.807) is 0 Å². The minimum atomic E-state index is -4.21. The van der Waals surface area contributed by atoms with Crippen molar-refractivity contribution in [3.8, 4) is 0 Å². The summed E-state index contributed by atoms with van der Waals surface area (Å²) in [5, 5.41) is 4.10. The van der Waals surface area contributed by atoms with Gasteiger partial charge in [0.05, 0.1) is 0 Å². The van der Waals surface area contributed by atoms with Gasteiger partial charge in [0.1, 0.15) is 6.61 Å². The van der Waals surface area contributed by atoms with Crippen molar-refractivity contribution < 1.29 is 17.9 Å². The van der Waals surface area contributed by atoms with Crippen molar-refractivity contribution in [1.29, 1.82) is 0 Å². The summed E-state index contributed by atoms with van der Waals surface area (Å²) in [6.07, 6.45) is 0.111. The molecule has 1 N–H and O–H groups in total. The van der Waals surface area contributed by atoms with Crippen LogP contribution >= 0.6 is 11.8 Å². The van der Waals surface area contributed by atoms with Crippen LogP contribution in [0, 0.1) is 0 Å². The van der Waals surface area contributed by atoms with Crippen molar-refractivity contribution in [3.05, 3.63) is 0 Å². The van der Waals surface area contributed by atoms with Gasteiger partial charge in [-0.15, -0.1) is 0 Å². The van der Waals surface area contributed by atoms with Gasteiger partial charge in [-0.3, -0.25) is 0 Å². The number of halogens is 3. The molecule has 0 saturated heterocycles. The highest BCUT2D eigenvalue weighted by Crippen LogP contribution is 2.29. The molecular weight excluding hydrogens is 263 g/mol. The Labute approximate surface area is 111 Å². The van der Waals surface area contributed by atoms with E-state index in [9.17, 15) is 13.2 Å². The SMILES string of the molecule is CCSC1CCCC1NCCCOCC(F)(F)F. The van der Waals surface area contributed by atoms with Crippen molar-refractivity contribution in [2.45, 2.75) is 50.1 Å². The molecule has 0 aromatic rings. The zero-order valence-electron chi connectivity index (χ0n) is 10.8. The average Bonchev–Trinajstić information content (AvgIpc) is 2.70. The smallest absolute Gasteiger partial charge is 0.372 e. The summed E-state index contributed by atoms with van der Waals surface area (Å²) >= 11 is 1.98. The number of ether oxygens (including phenoxy) is 1. The molecule has 108 valence electrons. The summed E-state index contributed by atoms with van der Waals surface area (Å²) in [6.45, 7) is 1.93. The van der Waals surface area contributed by atoms with Gasteiger partial charge >= 0.3 is 6.18 Å². The Hall–Kier alpha value is 0.0600. The van der Waals surface area contributed by atoms with Gasteiger partial charge < -0.3 is 10.1 Å². The molecule has 1 saturated carbocycles. The fourth-order valence-corrected chi connectivity index (χ4v) is 3.45. The van der Waals surface area contributed by atoms with Gasteiger partial charge in [-0.05, 0) is 31.6 Å². The van der Waals surface area contributed by atoms with Gasteiger partial charge in [-0.2, -0.15) is 24.9 Å². The first-order valence-electron chi connectivity index (χ1n) is 6.52. The maximum absolute atomic E-state index is 11.8. The lowest BCUT2D eigenvalue weighted by Gasteiger charge is -2.20. The fraction of sp³-hybridized carbons (Fsp3) is 1.00. The van der Waals surface area contributed by atoms with Crippen LogP contribution in [0.2, 0.25) is 0 Å². The van der Waals surface area contributed by atoms with E-state index in [0.717, 1.165) is 12.3 Å². The molecule has 2 atom stereocenters. The van der Waals surface area contributed by atoms with E-state index < -0.39 is 12.8 Å². The van der Waals surface area contributed by atoms with Crippen molar-refractivity contribution in [2.75, 3.05) is 25.5 Å². The molecule has 0 radical (unpaired) electrons. The largest absolute Gasteiger partial charge is 0.411 e. The van der Waals surface area contributed by atoms with Crippen molar-refractivity contribution >= 4 is 11.8 Å². The van der Waals surface area contributed by atoms with Crippen molar-refractivity contribution in [1.82, 2.24) is 5.32 Å². The number of rotatable bonds is 8. The predicted molar refractivity (Wildman–Crippen MR) is 69.1 cm³/mol. The number of hydrogen-bond donors (Lipinski definition) is 1. The maximum atomic E-state index is 11.8. The van der Waals surface area contributed by atoms with E-state index in [-0.39, 0.29) is 6.61 Å². The Balaban J connectivity index is 2.00. The topological polar surface area (TPSA) is 21.3 Å². The third-order valence-electron chi connectivity index (χ3n) is 2.97. The molecular formula is C12H22F3NOS. The Morgan fingerprint density at radius 2 is 2.11 bits per heavy atom. The van der Waals surface area contributed by atoms with Crippen molar-refractivity contribution in [2.24, 2.45) is 0 Å². The van der Waals surface area contributed by atoms with Crippen LogP contribution in [0.5, 0.6) is 0 Å². The first kappa shape index (κ1) is 16.1. The summed E-state index contributed by atoms with van der Waals surface area (Å²) in [4.78, 5) is 0. The molecule has 0 bridgehead atoms. The summed E-state index contributed by atoms with van der Waals surface area (Å²) in [5.41, 5.74) is 0. The monoisotopic (exact) mass is 285 g/mol. The van der Waals surface area contributed by atoms with E-state index in [1.807, 2.05) is 11.8 Å². The third-order valence-corrected chi connectivity index (χ3v) is 4.30. The van der Waals surface area contributed by atoms with Crippen molar-refractivity contribution in [3.63, 3.8) is 0 Å². The van der Waals surface area contributed by atoms with Crippen LogP contribution in [0.25, 0.3) is 0 Å². The van der Waals surface area contributed by atoms with Gasteiger partial charge in [0.15, 0.2) is 0 Å². The van der Waals surface area contributed by atoms with Crippen LogP contribution in [-0.4, -0.2) is 43.0 Å². The molecule has 6 heteroatoms. The molecule has 0 heterocycles. The normalized spacial score (nSPS) is 24.7. The summed E-state index contributed by atoms with van der Waals surface area (Å²) < 4.78 is 40.0. The number of thioether (sulfide) groups is 1. The molecule has 0 spiro atoms. The van der Waals surface area contributed by atoms with Crippen LogP contribution in [0.1, 0.15) is 32.6 Å². The van der Waals surface area contributed by atoms with Crippen LogP contribution in [-0.2, 0) is 4.74 Å². The number of nitrogens with one attached hydrogen (secondary N) is 1. The molecule has 1 rings (SSSR count). The van der Waals surface area contributed by atoms with E-state index in [0.29, 0.717) is 17.7 Å². The van der Waals surface area contributed by atoms with Crippen LogP contribution < -0.4 is 5.32 Å². The highest BCUT2D eigenvalue weighted by atomic mass is 32.2. The molecule has 0 amide bonds. The van der Waals surface area contributed by atoms with Crippen LogP contribution in [0.4, 0.5) is 13.2 Å². The highest BCUT2D eigenvalue weighted by Gasteiger charge is 2.27. The summed E-state index contributed by atoms with van der Waals surface area (Å²) in [7, 11) is 0. The Morgan fingerprint density at radius 3 is 2.78 bits per heavy atom. The fourth-order valence-electron chi connectivity index (χ4n) is 2.22. The van der Waals surface area contributed by atoms with E-state index in [4.69, 9.17) is 0 Å². The van der Waals surface area contributed by atoms with Crippen LogP contribution in [0.3, 0.4) is 0 Å². The van der Waals surface area contributed by atoms with Gasteiger partial charge in [-0.1, -0.05) is 13.3 Å². The van der Waals surface area contributed by atoms with E-state index in [2.05, 4.69) is 17.0 Å². The number of hydrogen-bond acceptors (Lipinski definition) is 3. The van der Waals surface area contributed by atoms with E-state index >= 15 is 0 Å². The lowest BCUT2D eigenvalue weighted by Crippen LogP contribution is -2.35. The standard InChI is InChI=1S/C12H22F3NOS/c1-2-18-11-6-3-5-10(11)16-7-4-8-17-9-12(13,14)15/h10-11,16H,2-9H2,1H3. The molecule has 2 nitrogen and oxygen atoms in total. The Morgan fingerprint density at radius 1 is 1.33 bits per heavy atom. The van der Waals surface area contributed by atoms with Crippen LogP contribution in [0.15, 0.2) is 0 Å². The molecule has 1 fully saturated rings. The molecule has 2 unspecified atom stereocenters. The molecule has 0 aromatic heterocycles. The number of alkyl halides is 3. The van der Waals surface area contributed by atoms with Gasteiger partial charge in [0.2, 0.25) is 0 Å². The zero-order valence-corrected chi connectivity index (χ0v) is 11.6. The van der Waals surface area contributed by atoms with Gasteiger partial charge in [0, 0.05) is 17.9 Å². The lowest BCUT2D eigenvalue weighted by atomic mass is 10.2. The quantitative estimate of drug-likeness (QED) is 0.692. The Kier molecular flexibility index (Phi) is 7.41. The second-order valence-corrected chi connectivity index (χ2v) is 6.02. The molecule has 0 aromatic carbocycles. The molecule has 1 aliphatic rings. The third kappa shape index (κ3) is 6.85. The average molecular weight is 285 g/mol. The first-order chi connectivity index (χ1) is 8.53.